The molecule has 3 nitrogen and oxygen atoms in total. The lowest BCUT2D eigenvalue weighted by Gasteiger charge is -2.18. The Kier molecular flexibility index (Phi) is 3.41. The van der Waals surface area contributed by atoms with E-state index in [-0.39, 0.29) is 5.25 Å². The summed E-state index contributed by atoms with van der Waals surface area (Å²) < 4.78 is 25.0. The molecule has 78 valence electrons. The van der Waals surface area contributed by atoms with E-state index in [1.54, 1.807) is 18.2 Å². The van der Waals surface area contributed by atoms with Crippen molar-refractivity contribution in [1.82, 2.24) is 4.31 Å². The summed E-state index contributed by atoms with van der Waals surface area (Å²) >= 11 is 3.48. The summed E-state index contributed by atoms with van der Waals surface area (Å²) in [5, 5.41) is -0.308. The molecule has 5 heteroatoms. The fraction of sp³-hybridized carbons (Fsp3) is 1.00. The molecule has 0 bridgehead atoms. The average Bonchev–Trinajstić information content (AvgIpc) is 2.32. The molecule has 1 saturated heterocycles. The van der Waals surface area contributed by atoms with E-state index in [9.17, 15) is 8.42 Å². The number of halogens is 1. The van der Waals surface area contributed by atoms with E-state index < -0.39 is 10.0 Å². The predicted octanol–water partition coefficient (Wildman–Crippen LogP) is 1.44. The smallest absolute Gasteiger partial charge is 0.212 e. The van der Waals surface area contributed by atoms with Gasteiger partial charge in [-0.05, 0) is 19.8 Å². The highest BCUT2D eigenvalue weighted by molar-refractivity contribution is 9.09. The maximum atomic E-state index is 11.7. The van der Waals surface area contributed by atoms with Crippen molar-refractivity contribution in [2.45, 2.75) is 30.8 Å². The summed E-state index contributed by atoms with van der Waals surface area (Å²) in [6.45, 7) is 6.77. The van der Waals surface area contributed by atoms with E-state index in [0.717, 1.165) is 0 Å². The van der Waals surface area contributed by atoms with Crippen LogP contribution in [0.4, 0.5) is 0 Å². The summed E-state index contributed by atoms with van der Waals surface area (Å²) in [5.74, 6) is 0.411. The van der Waals surface area contributed by atoms with Gasteiger partial charge < -0.3 is 0 Å². The summed E-state index contributed by atoms with van der Waals surface area (Å²) in [6, 6.07) is 0. The largest absolute Gasteiger partial charge is 0.216 e. The fourth-order valence-corrected chi connectivity index (χ4v) is 3.51. The maximum Gasteiger partial charge on any atom is 0.216 e. The summed E-state index contributed by atoms with van der Waals surface area (Å²) in [6.07, 6.45) is 0. The number of hydrogen-bond acceptors (Lipinski definition) is 2. The van der Waals surface area contributed by atoms with Crippen LogP contribution in [0, 0.1) is 5.92 Å². The van der Waals surface area contributed by atoms with E-state index in [2.05, 4.69) is 22.9 Å². The summed E-state index contributed by atoms with van der Waals surface area (Å²) in [4.78, 5) is 0.307. The Morgan fingerprint density at radius 2 is 1.92 bits per heavy atom. The maximum absolute atomic E-state index is 11.7. The van der Waals surface area contributed by atoms with Gasteiger partial charge in [0.05, 0.1) is 5.25 Å². The first-order chi connectivity index (χ1) is 5.85. The third-order valence-corrected chi connectivity index (χ3v) is 5.84. The molecular formula is C8H16BrNO2S. The second kappa shape index (κ2) is 3.87. The molecule has 0 aliphatic carbocycles. The Morgan fingerprint density at radius 3 is 2.23 bits per heavy atom. The predicted molar refractivity (Wildman–Crippen MR) is 57.5 cm³/mol. The van der Waals surface area contributed by atoms with Gasteiger partial charge in [0.1, 0.15) is 0 Å². The van der Waals surface area contributed by atoms with Crippen molar-refractivity contribution >= 4 is 26.0 Å². The Balaban J connectivity index is 2.77. The highest BCUT2D eigenvalue weighted by atomic mass is 79.9. The van der Waals surface area contributed by atoms with Gasteiger partial charge in [-0.3, -0.25) is 0 Å². The lowest BCUT2D eigenvalue weighted by Crippen LogP contribution is -2.34. The van der Waals surface area contributed by atoms with Crippen molar-refractivity contribution in [3.63, 3.8) is 0 Å². The van der Waals surface area contributed by atoms with Crippen molar-refractivity contribution in [2.24, 2.45) is 5.92 Å². The van der Waals surface area contributed by atoms with Gasteiger partial charge in [0.2, 0.25) is 10.0 Å². The topological polar surface area (TPSA) is 37.4 Å². The molecule has 0 aromatic carbocycles. The number of hydrogen-bond donors (Lipinski definition) is 0. The molecule has 0 spiro atoms. The van der Waals surface area contributed by atoms with E-state index in [1.165, 1.54) is 0 Å². The van der Waals surface area contributed by atoms with Crippen LogP contribution in [0.3, 0.4) is 0 Å². The quantitative estimate of drug-likeness (QED) is 0.712. The van der Waals surface area contributed by atoms with E-state index in [0.29, 0.717) is 23.8 Å². The van der Waals surface area contributed by atoms with Gasteiger partial charge in [0.15, 0.2) is 0 Å². The van der Waals surface area contributed by atoms with Gasteiger partial charge >= 0.3 is 0 Å². The van der Waals surface area contributed by atoms with E-state index >= 15 is 0 Å². The van der Waals surface area contributed by atoms with Gasteiger partial charge in [-0.2, -0.15) is 0 Å². The minimum atomic E-state index is -3.04. The molecule has 0 radical (unpaired) electrons. The van der Waals surface area contributed by atoms with Crippen LogP contribution in [0.1, 0.15) is 20.8 Å². The highest BCUT2D eigenvalue weighted by Crippen LogP contribution is 2.26. The van der Waals surface area contributed by atoms with Crippen LogP contribution in [-0.2, 0) is 10.0 Å². The van der Waals surface area contributed by atoms with Crippen LogP contribution in [-0.4, -0.2) is 35.9 Å². The Bertz CT molecular complexity index is 266. The lowest BCUT2D eigenvalue weighted by molar-refractivity contribution is 0.458. The standard InChI is InChI=1S/C8H16BrNO2S/c1-6(2)13(11,12)10-4-7(3)8(9)5-10/h6-8H,4-5H2,1-3H3. The zero-order valence-corrected chi connectivity index (χ0v) is 10.6. The zero-order chi connectivity index (χ0) is 10.2. The number of sulfonamides is 1. The van der Waals surface area contributed by atoms with Crippen LogP contribution in [0.5, 0.6) is 0 Å². The molecule has 1 fully saturated rings. The van der Waals surface area contributed by atoms with Crippen molar-refractivity contribution in [2.75, 3.05) is 13.1 Å². The molecule has 2 atom stereocenters. The number of alkyl halides is 1. The van der Waals surface area contributed by atoms with Crippen molar-refractivity contribution in [3.05, 3.63) is 0 Å². The molecule has 1 rings (SSSR count). The molecule has 13 heavy (non-hydrogen) atoms. The molecule has 0 saturated carbocycles. The summed E-state index contributed by atoms with van der Waals surface area (Å²) in [5.41, 5.74) is 0. The molecule has 0 aromatic heterocycles. The molecule has 1 aliphatic rings. The SMILES string of the molecule is CC1CN(S(=O)(=O)C(C)C)CC1Br. The molecule has 1 aliphatic heterocycles. The van der Waals surface area contributed by atoms with Gasteiger partial charge in [0.25, 0.3) is 0 Å². The monoisotopic (exact) mass is 269 g/mol. The van der Waals surface area contributed by atoms with E-state index in [4.69, 9.17) is 0 Å². The second-order valence-corrected chi connectivity index (χ2v) is 7.57. The molecule has 0 amide bonds. The van der Waals surface area contributed by atoms with Gasteiger partial charge in [-0.15, -0.1) is 0 Å². The normalized spacial score (nSPS) is 31.5. The van der Waals surface area contributed by atoms with E-state index in [1.807, 2.05) is 0 Å². The third-order valence-electron chi connectivity index (χ3n) is 2.44. The first-order valence-corrected chi connectivity index (χ1v) is 6.90. The number of nitrogens with zero attached hydrogens (tertiary/aromatic N) is 1. The average molecular weight is 270 g/mol. The van der Waals surface area contributed by atoms with Gasteiger partial charge in [0, 0.05) is 17.9 Å². The lowest BCUT2D eigenvalue weighted by atomic mass is 10.2. The van der Waals surface area contributed by atoms with Crippen LogP contribution in [0.2, 0.25) is 0 Å². The van der Waals surface area contributed by atoms with Crippen LogP contribution >= 0.6 is 15.9 Å². The molecule has 1 heterocycles. The Morgan fingerprint density at radius 1 is 1.38 bits per heavy atom. The molecule has 2 unspecified atom stereocenters. The van der Waals surface area contributed by atoms with Crippen molar-refractivity contribution in [1.29, 1.82) is 0 Å². The van der Waals surface area contributed by atoms with Crippen LogP contribution in [0.15, 0.2) is 0 Å². The Labute approximate surface area is 88.7 Å². The first kappa shape index (κ1) is 11.5. The van der Waals surface area contributed by atoms with Crippen LogP contribution in [0.25, 0.3) is 0 Å². The molecule has 0 aromatic rings. The fourth-order valence-electron chi connectivity index (χ4n) is 1.39. The third kappa shape index (κ3) is 2.25. The van der Waals surface area contributed by atoms with Gasteiger partial charge in [-0.25, -0.2) is 12.7 Å². The molecule has 0 N–H and O–H groups in total. The van der Waals surface area contributed by atoms with Gasteiger partial charge in [-0.1, -0.05) is 22.9 Å². The second-order valence-electron chi connectivity index (χ2n) is 3.90. The summed E-state index contributed by atoms with van der Waals surface area (Å²) in [7, 11) is -3.04. The molecular weight excluding hydrogens is 254 g/mol. The van der Waals surface area contributed by atoms with Crippen molar-refractivity contribution < 1.29 is 8.42 Å². The van der Waals surface area contributed by atoms with Crippen molar-refractivity contribution in [3.8, 4) is 0 Å². The Hall–Kier alpha value is 0.390. The minimum absolute atomic E-state index is 0.307. The highest BCUT2D eigenvalue weighted by Gasteiger charge is 2.36. The minimum Gasteiger partial charge on any atom is -0.212 e. The zero-order valence-electron chi connectivity index (χ0n) is 8.20. The van der Waals surface area contributed by atoms with Crippen LogP contribution < -0.4 is 0 Å². The number of rotatable bonds is 2. The first-order valence-electron chi connectivity index (χ1n) is 4.48.